The molecular weight excluding hydrogens is 414 g/mol. The Labute approximate surface area is 173 Å². The Hall–Kier alpha value is -2.81. The highest BCUT2D eigenvalue weighted by Crippen LogP contribution is 2.34. The van der Waals surface area contributed by atoms with Crippen LogP contribution in [0.4, 0.5) is 20.2 Å². The lowest BCUT2D eigenvalue weighted by molar-refractivity contribution is -0.118. The van der Waals surface area contributed by atoms with Gasteiger partial charge in [0.1, 0.15) is 0 Å². The van der Waals surface area contributed by atoms with Gasteiger partial charge in [-0.05, 0) is 49.2 Å². The molecule has 1 atom stereocenters. The first-order chi connectivity index (χ1) is 14.1. The highest BCUT2D eigenvalue weighted by atomic mass is 32.2. The van der Waals surface area contributed by atoms with Crippen molar-refractivity contribution < 1.29 is 26.8 Å². The predicted octanol–water partition coefficient (Wildman–Crippen LogP) is 3.45. The van der Waals surface area contributed by atoms with Gasteiger partial charge in [-0.25, -0.2) is 17.2 Å². The fraction of sp³-hybridized carbons (Fsp3) is 0.333. The predicted molar refractivity (Wildman–Crippen MR) is 109 cm³/mol. The number of hydrogen-bond acceptors (Lipinski definition) is 4. The van der Waals surface area contributed by atoms with Crippen molar-refractivity contribution >= 4 is 33.0 Å². The summed E-state index contributed by atoms with van der Waals surface area (Å²) in [5, 5.41) is 2.35. The van der Waals surface area contributed by atoms with Gasteiger partial charge in [0.15, 0.2) is 21.5 Å². The topological polar surface area (TPSA) is 83.6 Å². The van der Waals surface area contributed by atoms with E-state index in [-0.39, 0.29) is 29.0 Å². The highest BCUT2D eigenvalue weighted by Gasteiger charge is 2.31. The van der Waals surface area contributed by atoms with Crippen molar-refractivity contribution in [2.45, 2.75) is 44.0 Å². The SMILES string of the molecule is CCC(=O)N1c2ccc(S(=O)(=O)CCC(=O)Nc3ccc(F)c(F)c3)cc2CC1C. The molecule has 160 valence electrons. The van der Waals surface area contributed by atoms with E-state index in [0.717, 1.165) is 17.7 Å². The number of hydrogen-bond donors (Lipinski definition) is 1. The van der Waals surface area contributed by atoms with Crippen LogP contribution in [-0.4, -0.2) is 32.0 Å². The molecule has 1 N–H and O–H groups in total. The van der Waals surface area contributed by atoms with Gasteiger partial charge in [0.05, 0.1) is 10.6 Å². The molecule has 0 saturated carbocycles. The molecular formula is C21H22F2N2O4S. The first-order valence-electron chi connectivity index (χ1n) is 9.55. The van der Waals surface area contributed by atoms with Crippen LogP contribution in [0.2, 0.25) is 0 Å². The van der Waals surface area contributed by atoms with Crippen molar-refractivity contribution in [1.29, 1.82) is 0 Å². The lowest BCUT2D eigenvalue weighted by atomic mass is 10.1. The molecule has 2 aromatic carbocycles. The summed E-state index contributed by atoms with van der Waals surface area (Å²) in [4.78, 5) is 26.0. The number of benzene rings is 2. The van der Waals surface area contributed by atoms with Gasteiger partial charge in [-0.3, -0.25) is 9.59 Å². The molecule has 2 aromatic rings. The molecule has 9 heteroatoms. The molecule has 1 aliphatic rings. The average molecular weight is 436 g/mol. The molecule has 0 saturated heterocycles. The Balaban J connectivity index is 1.69. The zero-order chi connectivity index (χ0) is 22.1. The Morgan fingerprint density at radius 2 is 1.87 bits per heavy atom. The third kappa shape index (κ3) is 4.51. The molecule has 0 spiro atoms. The summed E-state index contributed by atoms with van der Waals surface area (Å²) in [6.45, 7) is 3.68. The lowest BCUT2D eigenvalue weighted by Crippen LogP contribution is -2.35. The standard InChI is InChI=1S/C21H22F2N2O4S/c1-3-21(27)25-13(2)10-14-11-16(5-7-19(14)25)30(28,29)9-8-20(26)24-15-4-6-17(22)18(23)12-15/h4-7,11-13H,3,8-10H2,1-2H3,(H,24,26). The van der Waals surface area contributed by atoms with Crippen LogP contribution in [0.15, 0.2) is 41.3 Å². The minimum atomic E-state index is -3.74. The fourth-order valence-corrected chi connectivity index (χ4v) is 4.78. The van der Waals surface area contributed by atoms with E-state index in [2.05, 4.69) is 5.32 Å². The summed E-state index contributed by atoms with van der Waals surface area (Å²) in [5.41, 5.74) is 1.53. The van der Waals surface area contributed by atoms with Gasteiger partial charge in [-0.2, -0.15) is 0 Å². The van der Waals surface area contributed by atoms with Gasteiger partial charge in [0.2, 0.25) is 11.8 Å². The first-order valence-corrected chi connectivity index (χ1v) is 11.2. The van der Waals surface area contributed by atoms with Gasteiger partial charge < -0.3 is 10.2 Å². The van der Waals surface area contributed by atoms with E-state index < -0.39 is 33.1 Å². The molecule has 1 heterocycles. The van der Waals surface area contributed by atoms with E-state index in [1.54, 1.807) is 24.0 Å². The molecule has 3 rings (SSSR count). The summed E-state index contributed by atoms with van der Waals surface area (Å²) in [5.74, 6) is -3.23. The van der Waals surface area contributed by atoms with Crippen LogP contribution in [0, 0.1) is 11.6 Å². The summed E-state index contributed by atoms with van der Waals surface area (Å²) >= 11 is 0. The average Bonchev–Trinajstić information content (AvgIpc) is 3.03. The van der Waals surface area contributed by atoms with Crippen molar-refractivity contribution in [1.82, 2.24) is 0 Å². The number of nitrogens with zero attached hydrogens (tertiary/aromatic N) is 1. The zero-order valence-electron chi connectivity index (χ0n) is 16.6. The van der Waals surface area contributed by atoms with Gasteiger partial charge in [0.25, 0.3) is 0 Å². The maximum absolute atomic E-state index is 13.2. The molecule has 2 amide bonds. The van der Waals surface area contributed by atoms with Crippen LogP contribution < -0.4 is 10.2 Å². The number of sulfone groups is 1. The zero-order valence-corrected chi connectivity index (χ0v) is 17.4. The second-order valence-electron chi connectivity index (χ2n) is 7.21. The quantitative estimate of drug-likeness (QED) is 0.752. The van der Waals surface area contributed by atoms with E-state index >= 15 is 0 Å². The van der Waals surface area contributed by atoms with Crippen LogP contribution in [0.3, 0.4) is 0 Å². The summed E-state index contributed by atoms with van der Waals surface area (Å²) in [6.07, 6.45) is 0.577. The van der Waals surface area contributed by atoms with Gasteiger partial charge in [-0.1, -0.05) is 6.92 Å². The molecule has 30 heavy (non-hydrogen) atoms. The van der Waals surface area contributed by atoms with E-state index in [0.29, 0.717) is 18.5 Å². The molecule has 0 fully saturated rings. The Morgan fingerprint density at radius 3 is 2.53 bits per heavy atom. The van der Waals surface area contributed by atoms with Crippen LogP contribution in [0.25, 0.3) is 0 Å². The molecule has 1 aliphatic heterocycles. The summed E-state index contributed by atoms with van der Waals surface area (Å²) in [7, 11) is -3.74. The number of nitrogens with one attached hydrogen (secondary N) is 1. The maximum Gasteiger partial charge on any atom is 0.226 e. The van der Waals surface area contributed by atoms with Crippen molar-refractivity contribution in [2.24, 2.45) is 0 Å². The van der Waals surface area contributed by atoms with Gasteiger partial charge in [0, 0.05) is 36.3 Å². The van der Waals surface area contributed by atoms with Crippen molar-refractivity contribution in [3.8, 4) is 0 Å². The number of carbonyl (C=O) groups excluding carboxylic acids is 2. The first kappa shape index (κ1) is 21.9. The monoisotopic (exact) mass is 436 g/mol. The molecule has 0 aliphatic carbocycles. The second kappa shape index (κ2) is 8.51. The van der Waals surface area contributed by atoms with E-state index in [9.17, 15) is 26.8 Å². The largest absolute Gasteiger partial charge is 0.326 e. The van der Waals surface area contributed by atoms with Gasteiger partial charge in [-0.15, -0.1) is 0 Å². The molecule has 0 aromatic heterocycles. The Kier molecular flexibility index (Phi) is 6.21. The summed E-state index contributed by atoms with van der Waals surface area (Å²) < 4.78 is 51.5. The highest BCUT2D eigenvalue weighted by molar-refractivity contribution is 7.91. The minimum Gasteiger partial charge on any atom is -0.326 e. The van der Waals surface area contributed by atoms with Crippen LogP contribution in [-0.2, 0) is 25.8 Å². The number of rotatable bonds is 6. The van der Waals surface area contributed by atoms with Crippen molar-refractivity contribution in [2.75, 3.05) is 16.0 Å². The number of anilines is 2. The maximum atomic E-state index is 13.2. The van der Waals surface area contributed by atoms with E-state index in [1.165, 1.54) is 12.1 Å². The number of halogens is 2. The normalized spacial score (nSPS) is 15.7. The van der Waals surface area contributed by atoms with E-state index in [1.807, 2.05) is 6.92 Å². The number of carbonyl (C=O) groups is 2. The van der Waals surface area contributed by atoms with Crippen LogP contribution in [0.5, 0.6) is 0 Å². The Bertz CT molecular complexity index is 1100. The summed E-state index contributed by atoms with van der Waals surface area (Å²) in [6, 6.07) is 7.46. The lowest BCUT2D eigenvalue weighted by Gasteiger charge is -2.22. The van der Waals surface area contributed by atoms with Crippen LogP contribution in [0.1, 0.15) is 32.3 Å². The number of amides is 2. The fourth-order valence-electron chi connectivity index (χ4n) is 3.49. The van der Waals surface area contributed by atoms with Gasteiger partial charge >= 0.3 is 0 Å². The van der Waals surface area contributed by atoms with E-state index in [4.69, 9.17) is 0 Å². The smallest absolute Gasteiger partial charge is 0.226 e. The Morgan fingerprint density at radius 1 is 1.13 bits per heavy atom. The third-order valence-corrected chi connectivity index (χ3v) is 6.71. The molecule has 1 unspecified atom stereocenters. The van der Waals surface area contributed by atoms with Crippen molar-refractivity contribution in [3.05, 3.63) is 53.6 Å². The minimum absolute atomic E-state index is 0.0224. The van der Waals surface area contributed by atoms with Crippen LogP contribution >= 0.6 is 0 Å². The van der Waals surface area contributed by atoms with Crippen molar-refractivity contribution in [3.63, 3.8) is 0 Å². The second-order valence-corrected chi connectivity index (χ2v) is 9.32. The molecule has 6 nitrogen and oxygen atoms in total. The third-order valence-electron chi connectivity index (χ3n) is 5.00. The number of fused-ring (bicyclic) bond motifs is 1. The molecule has 0 bridgehead atoms. The molecule has 0 radical (unpaired) electrons.